The molecule has 0 spiro atoms. The molecule has 1 fully saturated rings. The van der Waals surface area contributed by atoms with Crippen LogP contribution in [0.25, 0.3) is 0 Å². The Labute approximate surface area is 118 Å². The molecule has 3 unspecified atom stereocenters. The van der Waals surface area contributed by atoms with E-state index < -0.39 is 0 Å². The summed E-state index contributed by atoms with van der Waals surface area (Å²) in [6, 6.07) is 11.6. The Kier molecular flexibility index (Phi) is 5.45. The number of likely N-dealkylation sites (N-methyl/N-ethyl adjacent to an activating group) is 1. The van der Waals surface area contributed by atoms with Gasteiger partial charge < -0.3 is 5.32 Å². The first-order valence-electron chi connectivity index (χ1n) is 7.96. The van der Waals surface area contributed by atoms with Gasteiger partial charge in [-0.2, -0.15) is 0 Å². The largest absolute Gasteiger partial charge is 0.314 e. The maximum atomic E-state index is 3.74. The Morgan fingerprint density at radius 1 is 1.05 bits per heavy atom. The van der Waals surface area contributed by atoms with Gasteiger partial charge in [-0.25, -0.2) is 0 Å². The lowest BCUT2D eigenvalue weighted by Gasteiger charge is -2.37. The van der Waals surface area contributed by atoms with Crippen LogP contribution in [-0.4, -0.2) is 12.6 Å². The van der Waals surface area contributed by atoms with Crippen molar-refractivity contribution in [2.75, 3.05) is 6.54 Å². The molecule has 106 valence electrons. The van der Waals surface area contributed by atoms with Crippen molar-refractivity contribution >= 4 is 0 Å². The molecule has 1 heteroatoms. The summed E-state index contributed by atoms with van der Waals surface area (Å²) in [5.41, 5.74) is 1.47. The topological polar surface area (TPSA) is 12.0 Å². The van der Waals surface area contributed by atoms with Crippen LogP contribution in [0.5, 0.6) is 0 Å². The minimum absolute atomic E-state index is 0.651. The van der Waals surface area contributed by atoms with E-state index in [1.807, 2.05) is 0 Å². The molecule has 0 bridgehead atoms. The van der Waals surface area contributed by atoms with Crippen molar-refractivity contribution < 1.29 is 0 Å². The minimum atomic E-state index is 0.651. The Hall–Kier alpha value is -0.820. The molecule has 2 rings (SSSR count). The monoisotopic (exact) mass is 259 g/mol. The van der Waals surface area contributed by atoms with Crippen LogP contribution in [0, 0.1) is 17.8 Å². The van der Waals surface area contributed by atoms with Crippen LogP contribution in [0.1, 0.15) is 45.6 Å². The molecule has 1 aromatic rings. The van der Waals surface area contributed by atoms with Crippen LogP contribution in [-0.2, 0) is 6.42 Å². The molecule has 1 aliphatic carbocycles. The first kappa shape index (κ1) is 14.6. The number of benzene rings is 1. The fourth-order valence-electron chi connectivity index (χ4n) is 3.87. The van der Waals surface area contributed by atoms with Crippen molar-refractivity contribution in [1.82, 2.24) is 5.32 Å². The number of rotatable bonds is 5. The van der Waals surface area contributed by atoms with Crippen LogP contribution in [0.3, 0.4) is 0 Å². The quantitative estimate of drug-likeness (QED) is 0.832. The Bertz CT molecular complexity index is 349. The van der Waals surface area contributed by atoms with E-state index in [1.165, 1.54) is 31.2 Å². The summed E-state index contributed by atoms with van der Waals surface area (Å²) in [6.45, 7) is 8.16. The summed E-state index contributed by atoms with van der Waals surface area (Å²) in [5.74, 6) is 2.63. The standard InChI is InChI=1S/C18H29N/c1-4-19-18(13-16-8-6-5-7-9-16)17-11-14(2)10-15(3)12-17/h5-9,14-15,17-19H,4,10-13H2,1-3H3. The van der Waals surface area contributed by atoms with Crippen molar-refractivity contribution in [3.05, 3.63) is 35.9 Å². The highest BCUT2D eigenvalue weighted by Gasteiger charge is 2.29. The van der Waals surface area contributed by atoms with Gasteiger partial charge in [0.15, 0.2) is 0 Å². The first-order valence-corrected chi connectivity index (χ1v) is 7.96. The molecule has 19 heavy (non-hydrogen) atoms. The normalized spacial score (nSPS) is 29.1. The van der Waals surface area contributed by atoms with Gasteiger partial charge in [0.25, 0.3) is 0 Å². The van der Waals surface area contributed by atoms with E-state index in [0.29, 0.717) is 6.04 Å². The second kappa shape index (κ2) is 7.09. The second-order valence-corrected chi connectivity index (χ2v) is 6.53. The van der Waals surface area contributed by atoms with Crippen molar-refractivity contribution in [3.63, 3.8) is 0 Å². The molecule has 0 heterocycles. The van der Waals surface area contributed by atoms with E-state index >= 15 is 0 Å². The third-order valence-electron chi connectivity index (χ3n) is 4.55. The lowest BCUT2D eigenvalue weighted by atomic mass is 9.72. The highest BCUT2D eigenvalue weighted by Crippen LogP contribution is 2.35. The molecule has 1 saturated carbocycles. The fourth-order valence-corrected chi connectivity index (χ4v) is 3.87. The average Bonchev–Trinajstić information content (AvgIpc) is 2.38. The SMILES string of the molecule is CCNC(Cc1ccccc1)C1CC(C)CC(C)C1. The molecule has 0 amide bonds. The van der Waals surface area contributed by atoms with Crippen LogP contribution < -0.4 is 5.32 Å². The zero-order valence-electron chi connectivity index (χ0n) is 12.7. The van der Waals surface area contributed by atoms with Gasteiger partial charge in [-0.15, -0.1) is 0 Å². The van der Waals surface area contributed by atoms with Gasteiger partial charge in [-0.3, -0.25) is 0 Å². The van der Waals surface area contributed by atoms with Gasteiger partial charge in [-0.05, 0) is 55.5 Å². The van der Waals surface area contributed by atoms with E-state index in [1.54, 1.807) is 0 Å². The van der Waals surface area contributed by atoms with E-state index in [9.17, 15) is 0 Å². The summed E-state index contributed by atoms with van der Waals surface area (Å²) >= 11 is 0. The van der Waals surface area contributed by atoms with E-state index in [2.05, 4.69) is 56.4 Å². The van der Waals surface area contributed by atoms with Crippen molar-refractivity contribution in [2.24, 2.45) is 17.8 Å². The minimum Gasteiger partial charge on any atom is -0.314 e. The molecule has 1 aromatic carbocycles. The summed E-state index contributed by atoms with van der Waals surface area (Å²) < 4.78 is 0. The molecule has 3 atom stereocenters. The zero-order valence-corrected chi connectivity index (χ0v) is 12.7. The third-order valence-corrected chi connectivity index (χ3v) is 4.55. The zero-order chi connectivity index (χ0) is 13.7. The fraction of sp³-hybridized carbons (Fsp3) is 0.667. The number of hydrogen-bond donors (Lipinski definition) is 1. The molecule has 0 aromatic heterocycles. The van der Waals surface area contributed by atoms with Gasteiger partial charge in [0.1, 0.15) is 0 Å². The summed E-state index contributed by atoms with van der Waals surface area (Å²) in [7, 11) is 0. The van der Waals surface area contributed by atoms with Crippen LogP contribution in [0.15, 0.2) is 30.3 Å². The maximum Gasteiger partial charge on any atom is 0.0136 e. The van der Waals surface area contributed by atoms with Gasteiger partial charge in [-0.1, -0.05) is 51.1 Å². The smallest absolute Gasteiger partial charge is 0.0136 e. The summed E-state index contributed by atoms with van der Waals surface area (Å²) in [6.07, 6.45) is 5.39. The van der Waals surface area contributed by atoms with Crippen molar-refractivity contribution in [3.8, 4) is 0 Å². The predicted octanol–water partition coefficient (Wildman–Crippen LogP) is 4.28. The lowest BCUT2D eigenvalue weighted by molar-refractivity contribution is 0.176. The van der Waals surface area contributed by atoms with E-state index in [-0.39, 0.29) is 0 Å². The van der Waals surface area contributed by atoms with E-state index in [4.69, 9.17) is 0 Å². The van der Waals surface area contributed by atoms with Gasteiger partial charge in [0.05, 0.1) is 0 Å². The molecule has 0 saturated heterocycles. The van der Waals surface area contributed by atoms with Crippen molar-refractivity contribution in [1.29, 1.82) is 0 Å². The van der Waals surface area contributed by atoms with Gasteiger partial charge in [0.2, 0.25) is 0 Å². The highest BCUT2D eigenvalue weighted by molar-refractivity contribution is 5.16. The molecular formula is C18H29N. The Morgan fingerprint density at radius 2 is 1.68 bits per heavy atom. The number of nitrogens with one attached hydrogen (secondary N) is 1. The molecule has 1 N–H and O–H groups in total. The third kappa shape index (κ3) is 4.35. The molecule has 1 aliphatic rings. The molecular weight excluding hydrogens is 230 g/mol. The van der Waals surface area contributed by atoms with E-state index in [0.717, 1.165) is 24.3 Å². The average molecular weight is 259 g/mol. The lowest BCUT2D eigenvalue weighted by Crippen LogP contribution is -2.41. The highest BCUT2D eigenvalue weighted by atomic mass is 14.9. The number of hydrogen-bond acceptors (Lipinski definition) is 1. The summed E-state index contributed by atoms with van der Waals surface area (Å²) in [4.78, 5) is 0. The molecule has 1 nitrogen and oxygen atoms in total. The molecule has 0 radical (unpaired) electrons. The second-order valence-electron chi connectivity index (χ2n) is 6.53. The van der Waals surface area contributed by atoms with Crippen LogP contribution in [0.2, 0.25) is 0 Å². The Balaban J connectivity index is 2.02. The maximum absolute atomic E-state index is 3.74. The van der Waals surface area contributed by atoms with Gasteiger partial charge >= 0.3 is 0 Å². The Morgan fingerprint density at radius 3 is 2.26 bits per heavy atom. The van der Waals surface area contributed by atoms with Crippen molar-refractivity contribution in [2.45, 2.75) is 52.5 Å². The first-order chi connectivity index (χ1) is 9.19. The predicted molar refractivity (Wildman–Crippen MR) is 83.3 cm³/mol. The van der Waals surface area contributed by atoms with Crippen LogP contribution >= 0.6 is 0 Å². The molecule has 0 aliphatic heterocycles. The summed E-state index contributed by atoms with van der Waals surface area (Å²) in [5, 5.41) is 3.74. The van der Waals surface area contributed by atoms with Gasteiger partial charge in [0, 0.05) is 6.04 Å². The van der Waals surface area contributed by atoms with Crippen LogP contribution in [0.4, 0.5) is 0 Å².